The van der Waals surface area contributed by atoms with E-state index in [4.69, 9.17) is 4.74 Å². The number of carbonyl (C=O) groups is 2. The summed E-state index contributed by atoms with van der Waals surface area (Å²) in [6.45, 7) is 3.68. The van der Waals surface area contributed by atoms with Crippen LogP contribution >= 0.6 is 0 Å². The zero-order valence-electron chi connectivity index (χ0n) is 20.5. The van der Waals surface area contributed by atoms with Crippen LogP contribution in [0.4, 0.5) is 5.69 Å². The molecule has 0 unspecified atom stereocenters. The first-order valence-corrected chi connectivity index (χ1v) is 13.6. The number of unbranched alkanes of at least 4 members (excludes halogenated alkanes) is 1. The summed E-state index contributed by atoms with van der Waals surface area (Å²) in [4.78, 5) is 25.5. The van der Waals surface area contributed by atoms with E-state index in [1.165, 1.54) is 11.4 Å². The quantitative estimate of drug-likeness (QED) is 0.454. The molecule has 35 heavy (non-hydrogen) atoms. The van der Waals surface area contributed by atoms with Crippen molar-refractivity contribution >= 4 is 27.5 Å². The molecule has 9 heteroatoms. The molecule has 3 rings (SSSR count). The normalized spacial score (nSPS) is 14.3. The van der Waals surface area contributed by atoms with Crippen molar-refractivity contribution in [1.29, 1.82) is 0 Å². The maximum Gasteiger partial charge on any atom is 0.253 e. The van der Waals surface area contributed by atoms with Gasteiger partial charge in [-0.3, -0.25) is 9.59 Å². The van der Waals surface area contributed by atoms with Crippen LogP contribution in [-0.4, -0.2) is 51.3 Å². The number of sulfonamides is 1. The van der Waals surface area contributed by atoms with Gasteiger partial charge in [0, 0.05) is 26.1 Å². The van der Waals surface area contributed by atoms with Crippen molar-refractivity contribution in [3.8, 4) is 5.75 Å². The van der Waals surface area contributed by atoms with E-state index >= 15 is 0 Å². The van der Waals surface area contributed by atoms with Crippen LogP contribution in [0.1, 0.15) is 61.4 Å². The maximum atomic E-state index is 13.1. The van der Waals surface area contributed by atoms with Gasteiger partial charge in [-0.15, -0.1) is 0 Å². The Morgan fingerprint density at radius 3 is 2.51 bits per heavy atom. The number of ether oxygens (including phenoxy) is 1. The van der Waals surface area contributed by atoms with Crippen molar-refractivity contribution < 1.29 is 22.7 Å². The summed E-state index contributed by atoms with van der Waals surface area (Å²) in [5.41, 5.74) is 1.50. The van der Waals surface area contributed by atoms with Crippen molar-refractivity contribution in [3.63, 3.8) is 0 Å². The number of benzene rings is 2. The molecule has 0 spiro atoms. The van der Waals surface area contributed by atoms with Crippen LogP contribution < -0.4 is 15.4 Å². The average Bonchev–Trinajstić information content (AvgIpc) is 2.88. The molecule has 1 saturated heterocycles. The number of para-hydroxylation sites is 1. The van der Waals surface area contributed by atoms with Crippen LogP contribution in [0.2, 0.25) is 0 Å². The molecule has 0 radical (unpaired) electrons. The second-order valence-corrected chi connectivity index (χ2v) is 10.6. The number of nitrogens with one attached hydrogen (secondary N) is 2. The minimum Gasteiger partial charge on any atom is -0.496 e. The summed E-state index contributed by atoms with van der Waals surface area (Å²) in [5.74, 6) is 0.0305. The molecule has 8 nitrogen and oxygen atoms in total. The number of aryl methyl sites for hydroxylation is 1. The molecule has 1 aliphatic heterocycles. The van der Waals surface area contributed by atoms with Gasteiger partial charge in [-0.1, -0.05) is 31.9 Å². The Morgan fingerprint density at radius 2 is 1.80 bits per heavy atom. The van der Waals surface area contributed by atoms with E-state index < -0.39 is 10.0 Å². The van der Waals surface area contributed by atoms with Crippen LogP contribution in [0.5, 0.6) is 5.75 Å². The first-order chi connectivity index (χ1) is 16.9. The number of methoxy groups -OCH3 is 1. The van der Waals surface area contributed by atoms with E-state index in [1.807, 2.05) is 6.92 Å². The van der Waals surface area contributed by atoms with Crippen molar-refractivity contribution in [2.24, 2.45) is 0 Å². The molecule has 0 saturated carbocycles. The second-order valence-electron chi connectivity index (χ2n) is 8.64. The molecule has 2 aromatic carbocycles. The number of anilines is 1. The lowest BCUT2D eigenvalue weighted by Crippen LogP contribution is -2.35. The molecular weight excluding hydrogens is 466 g/mol. The third-order valence-corrected chi connectivity index (χ3v) is 7.98. The summed E-state index contributed by atoms with van der Waals surface area (Å²) in [6.07, 6.45) is 5.02. The van der Waals surface area contributed by atoms with E-state index in [2.05, 4.69) is 10.6 Å². The van der Waals surface area contributed by atoms with E-state index in [-0.39, 0.29) is 23.1 Å². The topological polar surface area (TPSA) is 105 Å². The molecule has 2 amide bonds. The Balaban J connectivity index is 1.69. The predicted molar refractivity (Wildman–Crippen MR) is 136 cm³/mol. The molecule has 0 atom stereocenters. The summed E-state index contributed by atoms with van der Waals surface area (Å²) in [7, 11) is -2.07. The molecule has 1 heterocycles. The highest BCUT2D eigenvalue weighted by Gasteiger charge is 2.26. The van der Waals surface area contributed by atoms with Crippen LogP contribution in [-0.2, 0) is 21.2 Å². The Hall–Kier alpha value is -2.91. The molecule has 2 aromatic rings. The van der Waals surface area contributed by atoms with Crippen LogP contribution in [0.25, 0.3) is 0 Å². The lowest BCUT2D eigenvalue weighted by molar-refractivity contribution is -0.116. The Morgan fingerprint density at radius 1 is 1.06 bits per heavy atom. The molecule has 0 aromatic heterocycles. The average molecular weight is 502 g/mol. The molecule has 190 valence electrons. The fraction of sp³-hybridized carbons (Fsp3) is 0.462. The maximum absolute atomic E-state index is 13.1. The highest BCUT2D eigenvalue weighted by atomic mass is 32.2. The number of hydrogen-bond donors (Lipinski definition) is 2. The van der Waals surface area contributed by atoms with Gasteiger partial charge in [0.1, 0.15) is 5.75 Å². The third-order valence-electron chi connectivity index (χ3n) is 6.09. The number of hydrogen-bond acceptors (Lipinski definition) is 5. The summed E-state index contributed by atoms with van der Waals surface area (Å²) < 4.78 is 33.1. The van der Waals surface area contributed by atoms with Crippen LogP contribution in [0.15, 0.2) is 47.4 Å². The fourth-order valence-electron chi connectivity index (χ4n) is 4.09. The summed E-state index contributed by atoms with van der Waals surface area (Å²) >= 11 is 0. The Labute approximate surface area is 208 Å². The van der Waals surface area contributed by atoms with Crippen LogP contribution in [0, 0.1) is 0 Å². The van der Waals surface area contributed by atoms with Gasteiger partial charge in [0.05, 0.1) is 23.3 Å². The smallest absolute Gasteiger partial charge is 0.253 e. The van der Waals surface area contributed by atoms with Gasteiger partial charge in [0.25, 0.3) is 5.91 Å². The highest BCUT2D eigenvalue weighted by Crippen LogP contribution is 2.27. The van der Waals surface area contributed by atoms with Gasteiger partial charge in [0.15, 0.2) is 0 Å². The largest absolute Gasteiger partial charge is 0.496 e. The SMILES string of the molecule is CCCCNC(=O)c1ccccc1NC(=O)CCc1cc(S(=O)(=O)N2CCCCC2)ccc1OC. The molecule has 0 aliphatic carbocycles. The molecule has 0 bridgehead atoms. The minimum atomic E-state index is -3.59. The lowest BCUT2D eigenvalue weighted by Gasteiger charge is -2.26. The first kappa shape index (κ1) is 26.7. The van der Waals surface area contributed by atoms with E-state index in [0.717, 1.165) is 32.1 Å². The van der Waals surface area contributed by atoms with Crippen LogP contribution in [0.3, 0.4) is 0 Å². The van der Waals surface area contributed by atoms with Crippen molar-refractivity contribution in [2.75, 3.05) is 32.1 Å². The molecule has 1 aliphatic rings. The van der Waals surface area contributed by atoms with E-state index in [1.54, 1.807) is 42.5 Å². The monoisotopic (exact) mass is 501 g/mol. The number of carbonyl (C=O) groups excluding carboxylic acids is 2. The Bertz CT molecular complexity index is 1130. The van der Waals surface area contributed by atoms with Gasteiger partial charge < -0.3 is 15.4 Å². The standard InChI is InChI=1S/C26H35N3O5S/c1-3-4-16-27-26(31)22-10-6-7-11-23(22)28-25(30)15-12-20-19-21(13-14-24(20)34-2)35(32,33)29-17-8-5-9-18-29/h6-7,10-11,13-14,19H,3-5,8-9,12,15-18H2,1-2H3,(H,27,31)(H,28,30). The lowest BCUT2D eigenvalue weighted by atomic mass is 10.1. The molecule has 2 N–H and O–H groups in total. The number of nitrogens with zero attached hydrogens (tertiary/aromatic N) is 1. The first-order valence-electron chi connectivity index (χ1n) is 12.2. The third kappa shape index (κ3) is 7.05. The van der Waals surface area contributed by atoms with Crippen molar-refractivity contribution in [1.82, 2.24) is 9.62 Å². The molecule has 1 fully saturated rings. The van der Waals surface area contributed by atoms with Gasteiger partial charge >= 0.3 is 0 Å². The van der Waals surface area contributed by atoms with E-state index in [9.17, 15) is 18.0 Å². The van der Waals surface area contributed by atoms with E-state index in [0.29, 0.717) is 48.6 Å². The zero-order chi connectivity index (χ0) is 25.3. The predicted octanol–water partition coefficient (Wildman–Crippen LogP) is 3.97. The summed E-state index contributed by atoms with van der Waals surface area (Å²) in [5, 5.41) is 5.69. The van der Waals surface area contributed by atoms with Crippen molar-refractivity contribution in [2.45, 2.75) is 56.8 Å². The second kappa shape index (κ2) is 12.7. The number of rotatable bonds is 11. The highest BCUT2D eigenvalue weighted by molar-refractivity contribution is 7.89. The van der Waals surface area contributed by atoms with Crippen molar-refractivity contribution in [3.05, 3.63) is 53.6 Å². The van der Waals surface area contributed by atoms with Gasteiger partial charge in [0.2, 0.25) is 15.9 Å². The van der Waals surface area contributed by atoms with Gasteiger partial charge in [-0.05, 0) is 61.6 Å². The molecular formula is C26H35N3O5S. The fourth-order valence-corrected chi connectivity index (χ4v) is 5.66. The van der Waals surface area contributed by atoms with Gasteiger partial charge in [-0.2, -0.15) is 4.31 Å². The number of amides is 2. The minimum absolute atomic E-state index is 0.107. The zero-order valence-corrected chi connectivity index (χ0v) is 21.3. The Kier molecular flexibility index (Phi) is 9.68. The number of piperidine rings is 1. The van der Waals surface area contributed by atoms with Gasteiger partial charge in [-0.25, -0.2) is 8.42 Å². The summed E-state index contributed by atoms with van der Waals surface area (Å²) in [6, 6.07) is 11.7.